The molecular formula is C21H23ClN6O3S. The highest BCUT2D eigenvalue weighted by atomic mass is 35.5. The van der Waals surface area contributed by atoms with Crippen LogP contribution in [0.25, 0.3) is 10.6 Å². The number of carbonyl (C=O) groups excluding carboxylic acids is 1. The molecule has 0 spiro atoms. The Labute approximate surface area is 195 Å². The molecule has 0 radical (unpaired) electrons. The van der Waals surface area contributed by atoms with Gasteiger partial charge in [-0.2, -0.15) is 0 Å². The molecule has 1 fully saturated rings. The molecule has 3 aromatic heterocycles. The molecule has 1 aliphatic rings. The third kappa shape index (κ3) is 6.22. The normalized spacial score (nSPS) is 16.1. The van der Waals surface area contributed by atoms with Gasteiger partial charge in [0, 0.05) is 36.4 Å². The summed E-state index contributed by atoms with van der Waals surface area (Å²) in [5, 5.41) is 17.3. The fourth-order valence-corrected chi connectivity index (χ4v) is 4.25. The number of aromatic nitrogens is 3. The summed E-state index contributed by atoms with van der Waals surface area (Å²) >= 11 is 1.43. The van der Waals surface area contributed by atoms with Gasteiger partial charge in [0.15, 0.2) is 0 Å². The van der Waals surface area contributed by atoms with Gasteiger partial charge in [-0.1, -0.05) is 6.07 Å². The maximum Gasteiger partial charge on any atom is 0.326 e. The van der Waals surface area contributed by atoms with Crippen LogP contribution in [0.1, 0.15) is 18.5 Å². The molecule has 9 nitrogen and oxygen atoms in total. The summed E-state index contributed by atoms with van der Waals surface area (Å²) in [6.07, 6.45) is 4.95. The number of carboxylic acid groups (broad SMARTS) is 1. The van der Waals surface area contributed by atoms with Gasteiger partial charge in [0.05, 0.1) is 11.6 Å². The average Bonchev–Trinajstić information content (AvgIpc) is 3.23. The average molecular weight is 475 g/mol. The second-order valence-corrected chi connectivity index (χ2v) is 8.14. The minimum Gasteiger partial charge on any atom is -0.481 e. The van der Waals surface area contributed by atoms with Gasteiger partial charge in [-0.15, -0.1) is 23.7 Å². The first kappa shape index (κ1) is 23.6. The largest absolute Gasteiger partial charge is 0.481 e. The molecule has 4 heterocycles. The number of amides is 2. The van der Waals surface area contributed by atoms with Crippen molar-refractivity contribution in [3.05, 3.63) is 53.8 Å². The van der Waals surface area contributed by atoms with Crippen LogP contribution >= 0.6 is 23.7 Å². The molecule has 0 bridgehead atoms. The first-order valence-corrected chi connectivity index (χ1v) is 10.8. The van der Waals surface area contributed by atoms with E-state index < -0.39 is 12.0 Å². The number of carboxylic acids is 1. The predicted molar refractivity (Wildman–Crippen MR) is 125 cm³/mol. The molecule has 3 aromatic rings. The number of hydrogen-bond acceptors (Lipinski definition) is 7. The number of nitrogens with zero attached hydrogens (tertiary/aromatic N) is 4. The van der Waals surface area contributed by atoms with E-state index in [2.05, 4.69) is 30.5 Å². The molecule has 1 unspecified atom stereocenters. The van der Waals surface area contributed by atoms with E-state index in [1.54, 1.807) is 23.8 Å². The lowest BCUT2D eigenvalue weighted by Gasteiger charge is -2.30. The second kappa shape index (κ2) is 11.0. The lowest BCUT2D eigenvalue weighted by molar-refractivity contribution is -0.143. The minimum atomic E-state index is -0.751. The molecule has 168 valence electrons. The Morgan fingerprint density at radius 1 is 1.12 bits per heavy atom. The van der Waals surface area contributed by atoms with Crippen molar-refractivity contribution in [2.24, 2.45) is 5.92 Å². The Balaban J connectivity index is 0.00000289. The maximum absolute atomic E-state index is 12.4. The topological polar surface area (TPSA) is 120 Å². The summed E-state index contributed by atoms with van der Waals surface area (Å²) in [5.41, 5.74) is 1.71. The second-order valence-electron chi connectivity index (χ2n) is 7.28. The first-order chi connectivity index (χ1) is 15.1. The van der Waals surface area contributed by atoms with E-state index in [-0.39, 0.29) is 18.3 Å². The number of pyridine rings is 2. The summed E-state index contributed by atoms with van der Waals surface area (Å²) in [6, 6.07) is 8.69. The minimum absolute atomic E-state index is 0. The quantitative estimate of drug-likeness (QED) is 0.494. The molecule has 1 saturated heterocycles. The van der Waals surface area contributed by atoms with Crippen molar-refractivity contribution in [2.45, 2.75) is 19.4 Å². The van der Waals surface area contributed by atoms with Crippen LogP contribution in [-0.2, 0) is 11.3 Å². The number of urea groups is 1. The molecule has 0 aromatic carbocycles. The van der Waals surface area contributed by atoms with Gasteiger partial charge in [0.25, 0.3) is 0 Å². The van der Waals surface area contributed by atoms with Crippen molar-refractivity contribution in [1.29, 1.82) is 0 Å². The molecule has 0 saturated carbocycles. The zero-order valence-electron chi connectivity index (χ0n) is 17.1. The lowest BCUT2D eigenvalue weighted by Crippen LogP contribution is -2.38. The monoisotopic (exact) mass is 474 g/mol. The number of likely N-dealkylation sites (tertiary alicyclic amines) is 1. The van der Waals surface area contributed by atoms with Crippen LogP contribution in [0.2, 0.25) is 0 Å². The molecule has 1 atom stereocenters. The summed E-state index contributed by atoms with van der Waals surface area (Å²) < 4.78 is 0. The number of rotatable bonds is 6. The van der Waals surface area contributed by atoms with Gasteiger partial charge in [-0.05, 0) is 43.7 Å². The van der Waals surface area contributed by atoms with Crippen molar-refractivity contribution in [3.63, 3.8) is 0 Å². The third-order valence-corrected chi connectivity index (χ3v) is 5.85. The summed E-state index contributed by atoms with van der Waals surface area (Å²) in [5.74, 6) is -0.209. The van der Waals surface area contributed by atoms with Gasteiger partial charge in [-0.3, -0.25) is 25.3 Å². The standard InChI is InChI=1S/C21H22N6O3S.ClH/c28-20(29)15-3-2-10-27(11-15)12-16-4-1-5-17(23-16)25-21(30)26-18-13-31-19(24-18)14-6-8-22-9-7-14;/h1,4-9,13,15H,2-3,10-12H2,(H,28,29)(H2,23,25,26,30);1H. The Kier molecular flexibility index (Phi) is 8.09. The molecule has 0 aliphatic carbocycles. The molecule has 4 rings (SSSR count). The molecule has 3 N–H and O–H groups in total. The van der Waals surface area contributed by atoms with E-state index in [9.17, 15) is 14.7 Å². The van der Waals surface area contributed by atoms with E-state index in [1.807, 2.05) is 24.3 Å². The molecule has 1 aliphatic heterocycles. The molecule has 2 amide bonds. The van der Waals surface area contributed by atoms with E-state index >= 15 is 0 Å². The van der Waals surface area contributed by atoms with E-state index in [1.165, 1.54) is 11.3 Å². The van der Waals surface area contributed by atoms with E-state index in [0.717, 1.165) is 29.2 Å². The van der Waals surface area contributed by atoms with E-state index in [4.69, 9.17) is 0 Å². The van der Waals surface area contributed by atoms with Crippen molar-refractivity contribution in [1.82, 2.24) is 19.9 Å². The van der Waals surface area contributed by atoms with Crippen molar-refractivity contribution >= 4 is 47.4 Å². The number of halogens is 1. The van der Waals surface area contributed by atoms with Crippen LogP contribution < -0.4 is 10.6 Å². The number of nitrogens with one attached hydrogen (secondary N) is 2. The predicted octanol–water partition coefficient (Wildman–Crippen LogP) is 3.96. The van der Waals surface area contributed by atoms with Crippen LogP contribution in [0.5, 0.6) is 0 Å². The maximum atomic E-state index is 12.4. The van der Waals surface area contributed by atoms with Crippen LogP contribution in [0.15, 0.2) is 48.1 Å². The number of aliphatic carboxylic acids is 1. The summed E-state index contributed by atoms with van der Waals surface area (Å²) in [4.78, 5) is 38.6. The Bertz CT molecular complexity index is 1060. The number of piperidine rings is 1. The SMILES string of the molecule is Cl.O=C(Nc1cccc(CN2CCCC(C(=O)O)C2)n1)Nc1csc(-c2ccncc2)n1. The van der Waals surface area contributed by atoms with Gasteiger partial charge < -0.3 is 5.11 Å². The van der Waals surface area contributed by atoms with Gasteiger partial charge in [-0.25, -0.2) is 14.8 Å². The zero-order valence-corrected chi connectivity index (χ0v) is 18.7. The molecular weight excluding hydrogens is 452 g/mol. The lowest BCUT2D eigenvalue weighted by atomic mass is 9.98. The fourth-order valence-electron chi connectivity index (χ4n) is 3.49. The smallest absolute Gasteiger partial charge is 0.326 e. The summed E-state index contributed by atoms with van der Waals surface area (Å²) in [6.45, 7) is 1.90. The Hall–Kier alpha value is -3.08. The van der Waals surface area contributed by atoms with Gasteiger partial charge in [0.2, 0.25) is 0 Å². The van der Waals surface area contributed by atoms with Crippen molar-refractivity contribution in [2.75, 3.05) is 23.7 Å². The van der Waals surface area contributed by atoms with Crippen LogP contribution in [0.3, 0.4) is 0 Å². The van der Waals surface area contributed by atoms with Crippen molar-refractivity contribution in [3.8, 4) is 10.6 Å². The highest BCUT2D eigenvalue weighted by molar-refractivity contribution is 7.13. The first-order valence-electron chi connectivity index (χ1n) is 9.92. The fraction of sp³-hybridized carbons (Fsp3) is 0.286. The molecule has 11 heteroatoms. The highest BCUT2D eigenvalue weighted by Crippen LogP contribution is 2.25. The van der Waals surface area contributed by atoms with Gasteiger partial charge >= 0.3 is 12.0 Å². The van der Waals surface area contributed by atoms with E-state index in [0.29, 0.717) is 31.1 Å². The number of thiazole rings is 1. The third-order valence-electron chi connectivity index (χ3n) is 4.96. The zero-order chi connectivity index (χ0) is 21.6. The number of hydrogen-bond donors (Lipinski definition) is 3. The molecule has 32 heavy (non-hydrogen) atoms. The van der Waals surface area contributed by atoms with Crippen molar-refractivity contribution < 1.29 is 14.7 Å². The van der Waals surface area contributed by atoms with Gasteiger partial charge in [0.1, 0.15) is 16.6 Å². The Morgan fingerprint density at radius 3 is 2.69 bits per heavy atom. The number of anilines is 2. The summed E-state index contributed by atoms with van der Waals surface area (Å²) in [7, 11) is 0. The van der Waals surface area contributed by atoms with Crippen LogP contribution in [0, 0.1) is 5.92 Å². The van der Waals surface area contributed by atoms with Crippen LogP contribution in [0.4, 0.5) is 16.4 Å². The number of carbonyl (C=O) groups is 2. The highest BCUT2D eigenvalue weighted by Gasteiger charge is 2.25. The van der Waals surface area contributed by atoms with Crippen LogP contribution in [-0.4, -0.2) is 50.0 Å². The Morgan fingerprint density at radius 2 is 1.91 bits per heavy atom.